The molecule has 0 saturated carbocycles. The molecule has 0 aromatic heterocycles. The van der Waals surface area contributed by atoms with Crippen LogP contribution in [-0.2, 0) is 4.79 Å². The van der Waals surface area contributed by atoms with Gasteiger partial charge in [0.2, 0.25) is 5.91 Å². The summed E-state index contributed by atoms with van der Waals surface area (Å²) in [5.74, 6) is 1.61. The highest BCUT2D eigenvalue weighted by molar-refractivity contribution is 7.80. The third-order valence-electron chi connectivity index (χ3n) is 1.61. The molecule has 0 saturated heterocycles. The Bertz CT molecular complexity index is 126. The van der Waals surface area contributed by atoms with Gasteiger partial charge in [0.15, 0.2) is 0 Å². The second-order valence-corrected chi connectivity index (χ2v) is 3.81. The highest BCUT2D eigenvalue weighted by Gasteiger charge is 1.99. The molecule has 2 nitrogen and oxygen atoms in total. The van der Waals surface area contributed by atoms with Crippen LogP contribution in [0, 0.1) is 5.92 Å². The minimum absolute atomic E-state index is 0.157. The van der Waals surface area contributed by atoms with Crippen LogP contribution >= 0.6 is 12.6 Å². The van der Waals surface area contributed by atoms with E-state index in [4.69, 9.17) is 0 Å². The fourth-order valence-corrected chi connectivity index (χ4v) is 0.986. The number of hydrogen-bond acceptors (Lipinski definition) is 2. The molecule has 0 unspecified atom stereocenters. The molecular weight excluding hydrogens is 170 g/mol. The first-order valence-corrected chi connectivity index (χ1v) is 5.17. The van der Waals surface area contributed by atoms with Crippen LogP contribution in [0.25, 0.3) is 0 Å². The van der Waals surface area contributed by atoms with Gasteiger partial charge in [-0.3, -0.25) is 4.79 Å². The van der Waals surface area contributed by atoms with Crippen LogP contribution in [0.4, 0.5) is 0 Å². The van der Waals surface area contributed by atoms with E-state index < -0.39 is 0 Å². The van der Waals surface area contributed by atoms with E-state index in [9.17, 15) is 4.79 Å². The smallest absolute Gasteiger partial charge is 0.220 e. The van der Waals surface area contributed by atoms with E-state index >= 15 is 0 Å². The Balaban J connectivity index is 3.20. The van der Waals surface area contributed by atoms with Gasteiger partial charge >= 0.3 is 0 Å². The summed E-state index contributed by atoms with van der Waals surface area (Å²) in [6, 6.07) is 0. The van der Waals surface area contributed by atoms with E-state index in [0.29, 0.717) is 12.3 Å². The van der Waals surface area contributed by atoms with Crippen molar-refractivity contribution in [1.82, 2.24) is 5.32 Å². The van der Waals surface area contributed by atoms with Gasteiger partial charge in [0, 0.05) is 13.0 Å². The Morgan fingerprint density at radius 2 is 2.17 bits per heavy atom. The first-order valence-electron chi connectivity index (χ1n) is 4.54. The summed E-state index contributed by atoms with van der Waals surface area (Å²) in [7, 11) is 0. The van der Waals surface area contributed by atoms with E-state index in [1.54, 1.807) is 0 Å². The molecule has 0 aromatic carbocycles. The third-order valence-corrected chi connectivity index (χ3v) is 1.92. The van der Waals surface area contributed by atoms with Crippen molar-refractivity contribution < 1.29 is 4.79 Å². The zero-order chi connectivity index (χ0) is 9.40. The van der Waals surface area contributed by atoms with Crippen molar-refractivity contribution in [3.8, 4) is 0 Å². The van der Waals surface area contributed by atoms with Crippen LogP contribution in [0.2, 0.25) is 0 Å². The van der Waals surface area contributed by atoms with Gasteiger partial charge < -0.3 is 5.32 Å². The zero-order valence-corrected chi connectivity index (χ0v) is 8.86. The monoisotopic (exact) mass is 189 g/mol. The molecule has 0 radical (unpaired) electrons. The van der Waals surface area contributed by atoms with Gasteiger partial charge in [-0.15, -0.1) is 0 Å². The quantitative estimate of drug-likeness (QED) is 0.614. The van der Waals surface area contributed by atoms with E-state index in [-0.39, 0.29) is 5.91 Å². The van der Waals surface area contributed by atoms with Crippen LogP contribution < -0.4 is 5.32 Å². The normalized spacial score (nSPS) is 10.3. The number of thiol groups is 1. The average molecular weight is 189 g/mol. The molecule has 0 rings (SSSR count). The second-order valence-electron chi connectivity index (χ2n) is 3.36. The first kappa shape index (κ1) is 11.8. The molecule has 1 amide bonds. The van der Waals surface area contributed by atoms with Crippen LogP contribution in [0.5, 0.6) is 0 Å². The maximum atomic E-state index is 11.0. The van der Waals surface area contributed by atoms with Gasteiger partial charge in [0.25, 0.3) is 0 Å². The lowest BCUT2D eigenvalue weighted by molar-refractivity contribution is -0.121. The third kappa shape index (κ3) is 7.92. The van der Waals surface area contributed by atoms with Crippen molar-refractivity contribution in [1.29, 1.82) is 0 Å². The van der Waals surface area contributed by atoms with Crippen molar-refractivity contribution in [2.24, 2.45) is 5.92 Å². The Morgan fingerprint density at radius 3 is 2.67 bits per heavy atom. The molecule has 0 aliphatic carbocycles. The Hall–Kier alpha value is -0.180. The van der Waals surface area contributed by atoms with E-state index in [1.807, 2.05) is 0 Å². The van der Waals surface area contributed by atoms with Gasteiger partial charge in [-0.05, 0) is 24.5 Å². The summed E-state index contributed by atoms with van der Waals surface area (Å²) < 4.78 is 0. The largest absolute Gasteiger partial charge is 0.356 e. The number of carbonyl (C=O) groups is 1. The molecule has 0 aliphatic heterocycles. The lowest BCUT2D eigenvalue weighted by atomic mass is 10.1. The summed E-state index contributed by atoms with van der Waals surface area (Å²) in [6.07, 6.45) is 2.55. The van der Waals surface area contributed by atoms with Crippen molar-refractivity contribution in [2.45, 2.75) is 33.1 Å². The van der Waals surface area contributed by atoms with Gasteiger partial charge in [-0.1, -0.05) is 13.8 Å². The standard InChI is InChI=1S/C9H19NOS/c1-8(2)5-6-10-9(11)4-3-7-12/h8,12H,3-7H2,1-2H3,(H,10,11). The van der Waals surface area contributed by atoms with Gasteiger partial charge in [0.1, 0.15) is 0 Å². The number of hydrogen-bond donors (Lipinski definition) is 2. The van der Waals surface area contributed by atoms with E-state index in [0.717, 1.165) is 25.1 Å². The predicted octanol–water partition coefficient (Wildman–Crippen LogP) is 1.86. The van der Waals surface area contributed by atoms with Crippen LogP contribution in [-0.4, -0.2) is 18.2 Å². The van der Waals surface area contributed by atoms with Crippen LogP contribution in [0.15, 0.2) is 0 Å². The molecular formula is C9H19NOS. The minimum Gasteiger partial charge on any atom is -0.356 e. The van der Waals surface area contributed by atoms with E-state index in [2.05, 4.69) is 31.8 Å². The lowest BCUT2D eigenvalue weighted by Gasteiger charge is -2.06. The molecule has 3 heteroatoms. The summed E-state index contributed by atoms with van der Waals surface area (Å²) >= 11 is 4.04. The maximum Gasteiger partial charge on any atom is 0.220 e. The predicted molar refractivity (Wildman–Crippen MR) is 55.6 cm³/mol. The molecule has 0 aliphatic rings. The highest BCUT2D eigenvalue weighted by atomic mass is 32.1. The van der Waals surface area contributed by atoms with Crippen molar-refractivity contribution in [3.05, 3.63) is 0 Å². The first-order chi connectivity index (χ1) is 5.66. The molecule has 0 atom stereocenters. The molecule has 0 spiro atoms. The average Bonchev–Trinajstić information content (AvgIpc) is 2.00. The summed E-state index contributed by atoms with van der Waals surface area (Å²) in [6.45, 7) is 5.11. The van der Waals surface area contributed by atoms with Gasteiger partial charge in [-0.25, -0.2) is 0 Å². The Morgan fingerprint density at radius 1 is 1.50 bits per heavy atom. The Kier molecular flexibility index (Phi) is 7.36. The van der Waals surface area contributed by atoms with Crippen LogP contribution in [0.3, 0.4) is 0 Å². The highest BCUT2D eigenvalue weighted by Crippen LogP contribution is 1.97. The number of rotatable bonds is 6. The van der Waals surface area contributed by atoms with Crippen molar-refractivity contribution >= 4 is 18.5 Å². The molecule has 0 heterocycles. The topological polar surface area (TPSA) is 29.1 Å². The molecule has 0 bridgehead atoms. The maximum absolute atomic E-state index is 11.0. The number of nitrogens with one attached hydrogen (secondary N) is 1. The summed E-state index contributed by atoms with van der Waals surface area (Å²) in [4.78, 5) is 11.0. The molecule has 0 aromatic rings. The summed E-state index contributed by atoms with van der Waals surface area (Å²) in [5.41, 5.74) is 0. The fourth-order valence-electron chi connectivity index (χ4n) is 0.828. The number of carbonyl (C=O) groups excluding carboxylic acids is 1. The second kappa shape index (κ2) is 7.47. The van der Waals surface area contributed by atoms with Crippen molar-refractivity contribution in [2.75, 3.05) is 12.3 Å². The fraction of sp³-hybridized carbons (Fsp3) is 0.889. The van der Waals surface area contributed by atoms with Crippen molar-refractivity contribution in [3.63, 3.8) is 0 Å². The number of amides is 1. The molecule has 0 fully saturated rings. The van der Waals surface area contributed by atoms with Gasteiger partial charge in [0.05, 0.1) is 0 Å². The SMILES string of the molecule is CC(C)CCNC(=O)CCCS. The molecule has 72 valence electrons. The molecule has 12 heavy (non-hydrogen) atoms. The summed E-state index contributed by atoms with van der Waals surface area (Å²) in [5, 5.41) is 2.88. The Labute approximate surface area is 80.5 Å². The lowest BCUT2D eigenvalue weighted by Crippen LogP contribution is -2.24. The van der Waals surface area contributed by atoms with Gasteiger partial charge in [-0.2, -0.15) is 12.6 Å². The van der Waals surface area contributed by atoms with Crippen LogP contribution in [0.1, 0.15) is 33.1 Å². The zero-order valence-electron chi connectivity index (χ0n) is 7.97. The minimum atomic E-state index is 0.157. The molecule has 1 N–H and O–H groups in total. The van der Waals surface area contributed by atoms with E-state index in [1.165, 1.54) is 0 Å².